The lowest BCUT2D eigenvalue weighted by atomic mass is 10.1. The fraction of sp³-hybridized carbons (Fsp3) is 0.158. The maximum Gasteiger partial charge on any atom is 0.335 e. The van der Waals surface area contributed by atoms with Crippen molar-refractivity contribution in [2.75, 3.05) is 16.3 Å². The van der Waals surface area contributed by atoms with Gasteiger partial charge in [0.1, 0.15) is 6.54 Å². The summed E-state index contributed by atoms with van der Waals surface area (Å²) in [5.41, 5.74) is 2.16. The Morgan fingerprint density at radius 2 is 2.00 bits per heavy atom. The molecule has 0 saturated carbocycles. The first-order valence-electron chi connectivity index (χ1n) is 7.92. The van der Waals surface area contributed by atoms with Crippen molar-refractivity contribution >= 4 is 28.2 Å². The summed E-state index contributed by atoms with van der Waals surface area (Å²) in [5.74, 6) is 0. The van der Waals surface area contributed by atoms with Crippen molar-refractivity contribution in [2.45, 2.75) is 13.1 Å². The smallest absolute Gasteiger partial charge is 0.287 e. The zero-order valence-electron chi connectivity index (χ0n) is 13.6. The standard InChI is InChI=1S/C19H15N5O/c1-13-16(8-5-9-22-13)23-12-18(20-2)24(19(23)25)17-11-21-10-14-6-3-4-7-15(14)17/h3-11,18H,12H2,1H3/t18-/m1/s1. The van der Waals surface area contributed by atoms with Crippen molar-refractivity contribution in [3.05, 3.63) is 72.1 Å². The molecule has 0 aliphatic carbocycles. The lowest BCUT2D eigenvalue weighted by molar-refractivity contribution is 0.255. The zero-order valence-corrected chi connectivity index (χ0v) is 13.6. The number of aromatic nitrogens is 2. The molecule has 0 radical (unpaired) electrons. The third-order valence-corrected chi connectivity index (χ3v) is 4.41. The molecule has 0 N–H and O–H groups in total. The minimum atomic E-state index is -0.597. The Balaban J connectivity index is 1.83. The number of carbonyl (C=O) groups excluding carboxylic acids is 1. The van der Waals surface area contributed by atoms with Gasteiger partial charge in [0.25, 0.3) is 0 Å². The van der Waals surface area contributed by atoms with E-state index in [1.165, 1.54) is 4.90 Å². The van der Waals surface area contributed by atoms with E-state index in [0.29, 0.717) is 12.2 Å². The number of anilines is 2. The normalized spacial score (nSPS) is 17.1. The second-order valence-corrected chi connectivity index (χ2v) is 5.86. The molecule has 25 heavy (non-hydrogen) atoms. The fourth-order valence-electron chi connectivity index (χ4n) is 3.20. The van der Waals surface area contributed by atoms with E-state index < -0.39 is 6.17 Å². The molecule has 0 spiro atoms. The molecule has 1 aromatic carbocycles. The van der Waals surface area contributed by atoms with Crippen molar-refractivity contribution < 1.29 is 4.79 Å². The molecular formula is C19H15N5O. The van der Waals surface area contributed by atoms with Crippen LogP contribution in [0.4, 0.5) is 16.2 Å². The van der Waals surface area contributed by atoms with Crippen LogP contribution in [0, 0.1) is 13.5 Å². The van der Waals surface area contributed by atoms with Crippen LogP contribution >= 0.6 is 0 Å². The minimum absolute atomic E-state index is 0.227. The van der Waals surface area contributed by atoms with Crippen LogP contribution < -0.4 is 9.80 Å². The second-order valence-electron chi connectivity index (χ2n) is 5.86. The molecule has 1 saturated heterocycles. The largest absolute Gasteiger partial charge is 0.335 e. The van der Waals surface area contributed by atoms with Gasteiger partial charge in [0.15, 0.2) is 0 Å². The zero-order chi connectivity index (χ0) is 17.4. The lowest BCUT2D eigenvalue weighted by Crippen LogP contribution is -2.34. The van der Waals surface area contributed by atoms with Crippen molar-refractivity contribution in [2.24, 2.45) is 0 Å². The number of aryl methyl sites for hydroxylation is 1. The van der Waals surface area contributed by atoms with Crippen LogP contribution in [0.3, 0.4) is 0 Å². The summed E-state index contributed by atoms with van der Waals surface area (Å²) in [6.07, 6.45) is 4.51. The molecule has 1 aliphatic rings. The topological polar surface area (TPSA) is 53.7 Å². The van der Waals surface area contributed by atoms with E-state index >= 15 is 0 Å². The van der Waals surface area contributed by atoms with Crippen molar-refractivity contribution in [1.29, 1.82) is 0 Å². The highest BCUT2D eigenvalue weighted by molar-refractivity contribution is 6.11. The number of urea groups is 1. The lowest BCUT2D eigenvalue weighted by Gasteiger charge is -2.19. The fourth-order valence-corrected chi connectivity index (χ4v) is 3.20. The van der Waals surface area contributed by atoms with Gasteiger partial charge in [0.05, 0.1) is 23.3 Å². The summed E-state index contributed by atoms with van der Waals surface area (Å²) in [6.45, 7) is 9.71. The van der Waals surface area contributed by atoms with Gasteiger partial charge in [0.2, 0.25) is 0 Å². The van der Waals surface area contributed by atoms with E-state index in [1.807, 2.05) is 37.3 Å². The number of nitrogens with zero attached hydrogens (tertiary/aromatic N) is 5. The second kappa shape index (κ2) is 5.87. The van der Waals surface area contributed by atoms with E-state index in [2.05, 4.69) is 14.8 Å². The van der Waals surface area contributed by atoms with E-state index in [1.54, 1.807) is 29.6 Å². The SMILES string of the molecule is [C-]#[N+][C@H]1CN(c2cccnc2C)C(=O)N1c1cncc2ccccc12. The quantitative estimate of drug-likeness (QED) is 0.675. The molecule has 3 heterocycles. The summed E-state index contributed by atoms with van der Waals surface area (Å²) in [6, 6.07) is 11.2. The Bertz CT molecular complexity index is 1000. The molecular weight excluding hydrogens is 314 g/mol. The summed E-state index contributed by atoms with van der Waals surface area (Å²) < 4.78 is 0. The average molecular weight is 329 g/mol. The van der Waals surface area contributed by atoms with Crippen LogP contribution in [0.25, 0.3) is 15.6 Å². The van der Waals surface area contributed by atoms with Gasteiger partial charge in [-0.1, -0.05) is 24.3 Å². The Labute approximate surface area is 145 Å². The third kappa shape index (κ3) is 2.37. The molecule has 4 rings (SSSR count). The molecule has 122 valence electrons. The van der Waals surface area contributed by atoms with Gasteiger partial charge in [-0.15, -0.1) is 0 Å². The number of hydrogen-bond donors (Lipinski definition) is 0. The van der Waals surface area contributed by atoms with Crippen molar-refractivity contribution in [1.82, 2.24) is 9.97 Å². The van der Waals surface area contributed by atoms with Crippen LogP contribution in [0.1, 0.15) is 5.69 Å². The van der Waals surface area contributed by atoms with Gasteiger partial charge in [-0.25, -0.2) is 16.3 Å². The molecule has 6 nitrogen and oxygen atoms in total. The van der Waals surface area contributed by atoms with Crippen LogP contribution in [0.2, 0.25) is 0 Å². The molecule has 0 unspecified atom stereocenters. The Morgan fingerprint density at radius 1 is 1.16 bits per heavy atom. The number of carbonyl (C=O) groups is 1. The summed E-state index contributed by atoms with van der Waals surface area (Å²) in [4.78, 5) is 28.5. The molecule has 1 aliphatic heterocycles. The van der Waals surface area contributed by atoms with Gasteiger partial charge in [-0.05, 0) is 19.1 Å². The predicted octanol–water partition coefficient (Wildman–Crippen LogP) is 3.63. The first kappa shape index (κ1) is 15.1. The van der Waals surface area contributed by atoms with Crippen LogP contribution in [0.15, 0.2) is 55.0 Å². The minimum Gasteiger partial charge on any atom is -0.287 e. The highest BCUT2D eigenvalue weighted by atomic mass is 16.2. The molecule has 6 heteroatoms. The van der Waals surface area contributed by atoms with Gasteiger partial charge in [-0.3, -0.25) is 19.7 Å². The van der Waals surface area contributed by atoms with Gasteiger partial charge in [-0.2, -0.15) is 0 Å². The maximum absolute atomic E-state index is 13.1. The van der Waals surface area contributed by atoms with Crippen LogP contribution in [0.5, 0.6) is 0 Å². The number of rotatable bonds is 2. The van der Waals surface area contributed by atoms with Crippen molar-refractivity contribution in [3.63, 3.8) is 0 Å². The van der Waals surface area contributed by atoms with Crippen LogP contribution in [-0.4, -0.2) is 28.7 Å². The van der Waals surface area contributed by atoms with Gasteiger partial charge < -0.3 is 0 Å². The number of hydrogen-bond acceptors (Lipinski definition) is 3. The molecule has 3 aromatic rings. The summed E-state index contributed by atoms with van der Waals surface area (Å²) >= 11 is 0. The number of pyridine rings is 2. The Kier molecular flexibility index (Phi) is 3.55. The first-order valence-corrected chi connectivity index (χ1v) is 7.92. The highest BCUT2D eigenvalue weighted by Crippen LogP contribution is 2.34. The van der Waals surface area contributed by atoms with E-state index in [0.717, 1.165) is 22.2 Å². The Hall–Kier alpha value is -3.46. The van der Waals surface area contributed by atoms with E-state index in [4.69, 9.17) is 6.57 Å². The third-order valence-electron chi connectivity index (χ3n) is 4.41. The summed E-state index contributed by atoms with van der Waals surface area (Å²) in [7, 11) is 0. The number of amides is 2. The molecule has 2 amide bonds. The highest BCUT2D eigenvalue weighted by Gasteiger charge is 2.44. The van der Waals surface area contributed by atoms with Gasteiger partial charge in [0, 0.05) is 23.2 Å². The monoisotopic (exact) mass is 329 g/mol. The first-order chi connectivity index (χ1) is 12.2. The number of fused-ring (bicyclic) bond motifs is 1. The van der Waals surface area contributed by atoms with E-state index in [9.17, 15) is 4.79 Å². The average Bonchev–Trinajstić information content (AvgIpc) is 2.98. The van der Waals surface area contributed by atoms with Crippen molar-refractivity contribution in [3.8, 4) is 0 Å². The number of benzene rings is 1. The van der Waals surface area contributed by atoms with E-state index in [-0.39, 0.29) is 6.03 Å². The summed E-state index contributed by atoms with van der Waals surface area (Å²) in [5, 5.41) is 1.84. The maximum atomic E-state index is 13.1. The molecule has 1 fully saturated rings. The van der Waals surface area contributed by atoms with Crippen LogP contribution in [-0.2, 0) is 0 Å². The molecule has 1 atom stereocenters. The molecule has 2 aromatic heterocycles. The Morgan fingerprint density at radius 3 is 2.80 bits per heavy atom. The van der Waals surface area contributed by atoms with Gasteiger partial charge >= 0.3 is 12.2 Å². The predicted molar refractivity (Wildman–Crippen MR) is 96.3 cm³/mol. The molecule has 0 bridgehead atoms.